The van der Waals surface area contributed by atoms with Gasteiger partial charge in [-0.3, -0.25) is 5.10 Å². The zero-order valence-corrected chi connectivity index (χ0v) is 20.6. The highest BCUT2D eigenvalue weighted by Crippen LogP contribution is 2.46. The third-order valence-electron chi connectivity index (χ3n) is 6.08. The minimum atomic E-state index is -2.73. The second-order valence-electron chi connectivity index (χ2n) is 8.70. The first-order valence-electron chi connectivity index (χ1n) is 11.4. The molecule has 1 fully saturated rings. The van der Waals surface area contributed by atoms with Crippen LogP contribution < -0.4 is 10.2 Å². The van der Waals surface area contributed by atoms with Gasteiger partial charge in [0, 0.05) is 48.3 Å². The highest BCUT2D eigenvalue weighted by Gasteiger charge is 2.35. The van der Waals surface area contributed by atoms with E-state index in [9.17, 15) is 17.6 Å². The second-order valence-corrected chi connectivity index (χ2v) is 9.55. The van der Waals surface area contributed by atoms with Crippen molar-refractivity contribution in [2.45, 2.75) is 43.5 Å². The molecule has 2 aromatic heterocycles. The van der Waals surface area contributed by atoms with Gasteiger partial charge in [-0.1, -0.05) is 0 Å². The predicted molar refractivity (Wildman–Crippen MR) is 131 cm³/mol. The molecule has 1 aromatic carbocycles. The lowest BCUT2D eigenvalue weighted by atomic mass is 10.0. The number of benzene rings is 1. The zero-order valence-electron chi connectivity index (χ0n) is 19.8. The summed E-state index contributed by atoms with van der Waals surface area (Å²) in [6.45, 7) is -0.817. The van der Waals surface area contributed by atoms with Crippen molar-refractivity contribution >= 4 is 40.7 Å². The van der Waals surface area contributed by atoms with Crippen molar-refractivity contribution in [2.24, 2.45) is 5.10 Å². The van der Waals surface area contributed by atoms with E-state index >= 15 is 0 Å². The molecule has 1 aliphatic carbocycles. The fraction of sp³-hybridized carbons (Fsp3) is 0.391. The van der Waals surface area contributed by atoms with Gasteiger partial charge >= 0.3 is 6.55 Å². The summed E-state index contributed by atoms with van der Waals surface area (Å²) in [6, 6.07) is 4.01. The SMILES string of the molecule is CSc1cc(F)c(N(C)c2nc(Nc3cc(C)[nH]n3)c(C3CC3)c(C3=NN(C(F)F)CC3)n2)cc1F. The lowest BCUT2D eigenvalue weighted by molar-refractivity contribution is -0.0180. The number of nitrogens with one attached hydrogen (secondary N) is 2. The van der Waals surface area contributed by atoms with Crippen molar-refractivity contribution in [3.05, 3.63) is 46.8 Å². The number of alkyl halides is 2. The van der Waals surface area contributed by atoms with Crippen LogP contribution in [0.5, 0.6) is 0 Å². The lowest BCUT2D eigenvalue weighted by Gasteiger charge is -2.22. The Morgan fingerprint density at radius 3 is 2.56 bits per heavy atom. The highest BCUT2D eigenvalue weighted by atomic mass is 32.2. The summed E-state index contributed by atoms with van der Waals surface area (Å²) in [5.41, 5.74) is 2.36. The van der Waals surface area contributed by atoms with Crippen LogP contribution in [0.1, 0.15) is 42.1 Å². The molecule has 0 radical (unpaired) electrons. The van der Waals surface area contributed by atoms with Gasteiger partial charge in [0.1, 0.15) is 17.5 Å². The van der Waals surface area contributed by atoms with Crippen molar-refractivity contribution in [3.8, 4) is 0 Å². The smallest absolute Gasteiger partial charge is 0.323 e. The van der Waals surface area contributed by atoms with E-state index in [0.29, 0.717) is 23.0 Å². The molecule has 36 heavy (non-hydrogen) atoms. The van der Waals surface area contributed by atoms with E-state index in [1.54, 1.807) is 12.3 Å². The van der Waals surface area contributed by atoms with Gasteiger partial charge in [-0.15, -0.1) is 11.8 Å². The van der Waals surface area contributed by atoms with E-state index in [2.05, 4.69) is 30.6 Å². The predicted octanol–water partition coefficient (Wildman–Crippen LogP) is 5.53. The molecule has 13 heteroatoms. The van der Waals surface area contributed by atoms with Crippen LogP contribution in [0.15, 0.2) is 28.2 Å². The van der Waals surface area contributed by atoms with Crippen LogP contribution in [0.4, 0.5) is 40.8 Å². The molecule has 0 unspecified atom stereocenters. The van der Waals surface area contributed by atoms with Crippen LogP contribution in [0.2, 0.25) is 0 Å². The van der Waals surface area contributed by atoms with Crippen LogP contribution in [0.3, 0.4) is 0 Å². The summed E-state index contributed by atoms with van der Waals surface area (Å²) in [6.07, 6.45) is 3.72. The van der Waals surface area contributed by atoms with E-state index in [1.807, 2.05) is 6.92 Å². The van der Waals surface area contributed by atoms with E-state index in [0.717, 1.165) is 53.0 Å². The van der Waals surface area contributed by atoms with E-state index in [4.69, 9.17) is 0 Å². The Morgan fingerprint density at radius 2 is 1.94 bits per heavy atom. The van der Waals surface area contributed by atoms with Crippen molar-refractivity contribution in [3.63, 3.8) is 0 Å². The molecule has 190 valence electrons. The van der Waals surface area contributed by atoms with Crippen molar-refractivity contribution < 1.29 is 17.6 Å². The van der Waals surface area contributed by atoms with Gasteiger partial charge in [0.25, 0.3) is 0 Å². The Kier molecular flexibility index (Phi) is 6.49. The maximum Gasteiger partial charge on any atom is 0.329 e. The van der Waals surface area contributed by atoms with Crippen molar-refractivity contribution in [1.29, 1.82) is 0 Å². The number of halogens is 4. The topological polar surface area (TPSA) is 85.3 Å². The number of aromatic nitrogens is 4. The summed E-state index contributed by atoms with van der Waals surface area (Å²) in [5, 5.41) is 15.1. The Balaban J connectivity index is 1.64. The molecule has 5 rings (SSSR count). The average Bonchev–Trinajstić information content (AvgIpc) is 3.40. The Bertz CT molecular complexity index is 1320. The van der Waals surface area contributed by atoms with E-state index in [1.165, 1.54) is 11.9 Å². The van der Waals surface area contributed by atoms with E-state index < -0.39 is 18.2 Å². The second kappa shape index (κ2) is 9.60. The average molecular weight is 521 g/mol. The third kappa shape index (κ3) is 4.71. The van der Waals surface area contributed by atoms with Crippen LogP contribution in [-0.4, -0.2) is 57.3 Å². The molecule has 0 amide bonds. The van der Waals surface area contributed by atoms with Gasteiger partial charge in [0.05, 0.1) is 17.1 Å². The molecular weight excluding hydrogens is 496 g/mol. The first-order valence-corrected chi connectivity index (χ1v) is 12.6. The number of aryl methyl sites for hydroxylation is 1. The summed E-state index contributed by atoms with van der Waals surface area (Å²) in [5.74, 6) is -0.0805. The number of anilines is 4. The summed E-state index contributed by atoms with van der Waals surface area (Å²) in [4.78, 5) is 10.8. The van der Waals surface area contributed by atoms with Crippen LogP contribution >= 0.6 is 11.8 Å². The number of rotatable bonds is 8. The summed E-state index contributed by atoms with van der Waals surface area (Å²) in [7, 11) is 1.52. The minimum absolute atomic E-state index is 0.0560. The summed E-state index contributed by atoms with van der Waals surface area (Å²) < 4.78 is 56.1. The van der Waals surface area contributed by atoms with Gasteiger partial charge in [0.2, 0.25) is 5.95 Å². The normalized spacial score (nSPS) is 15.6. The maximum absolute atomic E-state index is 14.9. The molecule has 1 aliphatic heterocycles. The first-order chi connectivity index (χ1) is 17.2. The first kappa shape index (κ1) is 24.3. The Hall–Kier alpha value is -3.35. The summed E-state index contributed by atoms with van der Waals surface area (Å²) >= 11 is 1.10. The van der Waals surface area contributed by atoms with Gasteiger partial charge < -0.3 is 10.2 Å². The van der Waals surface area contributed by atoms with Crippen LogP contribution in [0, 0.1) is 18.6 Å². The monoisotopic (exact) mass is 520 g/mol. The molecular formula is C23H24F4N8S. The number of hydrogen-bond acceptors (Lipinski definition) is 8. The molecule has 2 N–H and O–H groups in total. The van der Waals surface area contributed by atoms with Crippen molar-refractivity contribution in [2.75, 3.05) is 30.1 Å². The molecule has 3 aromatic rings. The number of aromatic amines is 1. The largest absolute Gasteiger partial charge is 0.329 e. The molecule has 0 spiro atoms. The van der Waals surface area contributed by atoms with Crippen molar-refractivity contribution in [1.82, 2.24) is 25.2 Å². The highest BCUT2D eigenvalue weighted by molar-refractivity contribution is 7.98. The van der Waals surface area contributed by atoms with Gasteiger partial charge in [0.15, 0.2) is 5.82 Å². The number of hydrazone groups is 1. The fourth-order valence-corrected chi connectivity index (χ4v) is 4.58. The molecule has 0 atom stereocenters. The molecule has 3 heterocycles. The standard InChI is InChI=1S/C23H24F4N8S/c1-11-8-18(32-31-11)28-21-19(12-4-5-12)20(15-6-7-35(33-15)22(26)27)29-23(30-21)34(2)16-9-14(25)17(36-3)10-13(16)24/h8-10,12,22H,4-7H2,1-3H3,(H2,28,29,30,31,32). The molecule has 1 saturated carbocycles. The van der Waals surface area contributed by atoms with Gasteiger partial charge in [-0.2, -0.15) is 24.0 Å². The van der Waals surface area contributed by atoms with Crippen LogP contribution in [0.25, 0.3) is 0 Å². The fourth-order valence-electron chi connectivity index (χ4n) is 4.11. The molecule has 0 saturated heterocycles. The molecule has 2 aliphatic rings. The quantitative estimate of drug-likeness (QED) is 0.230. The number of H-pyrrole nitrogens is 1. The van der Waals surface area contributed by atoms with E-state index in [-0.39, 0.29) is 35.4 Å². The van der Waals surface area contributed by atoms with Crippen LogP contribution in [-0.2, 0) is 0 Å². The number of nitrogens with zero attached hydrogens (tertiary/aromatic N) is 6. The molecule has 8 nitrogen and oxygen atoms in total. The zero-order chi connectivity index (χ0) is 25.6. The lowest BCUT2D eigenvalue weighted by Crippen LogP contribution is -2.20. The van der Waals surface area contributed by atoms with Gasteiger partial charge in [-0.05, 0) is 38.0 Å². The number of hydrogen-bond donors (Lipinski definition) is 2. The molecule has 0 bridgehead atoms. The Labute approximate surface area is 209 Å². The minimum Gasteiger partial charge on any atom is -0.323 e. The van der Waals surface area contributed by atoms with Gasteiger partial charge in [-0.25, -0.2) is 18.8 Å². The third-order valence-corrected chi connectivity index (χ3v) is 6.83. The maximum atomic E-state index is 14.9. The Morgan fingerprint density at radius 1 is 1.17 bits per heavy atom. The number of thioether (sulfide) groups is 1.